The summed E-state index contributed by atoms with van der Waals surface area (Å²) in [6.07, 6.45) is 4.63. The van der Waals surface area contributed by atoms with E-state index in [-0.39, 0.29) is 17.9 Å². The number of nitrogens with zero attached hydrogens (tertiary/aromatic N) is 3. The first-order valence-electron chi connectivity index (χ1n) is 7.94. The molecule has 0 bridgehead atoms. The van der Waals surface area contributed by atoms with Crippen LogP contribution in [-0.4, -0.2) is 50.7 Å². The molecule has 0 aliphatic carbocycles. The average Bonchev–Trinajstić information content (AvgIpc) is 3.10. The summed E-state index contributed by atoms with van der Waals surface area (Å²) in [5, 5.41) is 7.17. The fraction of sp³-hybridized carbons (Fsp3) is 0.688. The molecule has 1 atom stereocenters. The van der Waals surface area contributed by atoms with Gasteiger partial charge in [0.2, 0.25) is 11.8 Å². The molecule has 1 aliphatic rings. The van der Waals surface area contributed by atoms with Gasteiger partial charge in [-0.1, -0.05) is 20.8 Å². The molecule has 1 aromatic rings. The van der Waals surface area contributed by atoms with Gasteiger partial charge in [-0.3, -0.25) is 14.3 Å². The van der Waals surface area contributed by atoms with Gasteiger partial charge >= 0.3 is 0 Å². The summed E-state index contributed by atoms with van der Waals surface area (Å²) >= 11 is 1.63. The zero-order valence-electron chi connectivity index (χ0n) is 14.3. The minimum atomic E-state index is -0.457. The van der Waals surface area contributed by atoms with Gasteiger partial charge in [0.15, 0.2) is 0 Å². The van der Waals surface area contributed by atoms with Crippen LogP contribution >= 0.6 is 11.8 Å². The van der Waals surface area contributed by atoms with Crippen molar-refractivity contribution in [3.8, 4) is 0 Å². The highest BCUT2D eigenvalue weighted by atomic mass is 32.2. The normalized spacial score (nSPS) is 18.3. The molecule has 0 saturated carbocycles. The van der Waals surface area contributed by atoms with E-state index in [1.165, 1.54) is 0 Å². The molecule has 1 aliphatic heterocycles. The minimum Gasteiger partial charge on any atom is -0.354 e. The van der Waals surface area contributed by atoms with Crippen LogP contribution in [0.25, 0.3) is 0 Å². The van der Waals surface area contributed by atoms with E-state index >= 15 is 0 Å². The van der Waals surface area contributed by atoms with Crippen LogP contribution in [0.5, 0.6) is 0 Å². The molecule has 1 N–H and O–H groups in total. The summed E-state index contributed by atoms with van der Waals surface area (Å²) in [5.74, 6) is 1.26. The van der Waals surface area contributed by atoms with Crippen molar-refractivity contribution in [3.63, 3.8) is 0 Å². The molecule has 2 rings (SSSR count). The zero-order chi connectivity index (χ0) is 17.0. The topological polar surface area (TPSA) is 67.2 Å². The van der Waals surface area contributed by atoms with Crippen molar-refractivity contribution in [2.75, 3.05) is 18.2 Å². The molecule has 2 amide bonds. The highest BCUT2D eigenvalue weighted by Gasteiger charge is 2.38. The van der Waals surface area contributed by atoms with Gasteiger partial charge in [0.05, 0.1) is 12.1 Å². The van der Waals surface area contributed by atoms with Crippen LogP contribution in [0.15, 0.2) is 12.4 Å². The molecule has 0 spiro atoms. The van der Waals surface area contributed by atoms with E-state index < -0.39 is 5.41 Å². The fourth-order valence-corrected chi connectivity index (χ4v) is 3.60. The third kappa shape index (κ3) is 4.73. The van der Waals surface area contributed by atoms with Crippen LogP contribution in [0.3, 0.4) is 0 Å². The number of rotatable bonds is 5. The van der Waals surface area contributed by atoms with Gasteiger partial charge in [-0.25, -0.2) is 0 Å². The lowest BCUT2D eigenvalue weighted by molar-refractivity contribution is -0.144. The van der Waals surface area contributed by atoms with Gasteiger partial charge in [-0.05, 0) is 18.9 Å². The molecule has 0 radical (unpaired) electrons. The Labute approximate surface area is 142 Å². The summed E-state index contributed by atoms with van der Waals surface area (Å²) in [7, 11) is 0. The third-order valence-corrected chi connectivity index (χ3v) is 4.73. The SMILES string of the molecule is Cc1cnn(CCCNC(=O)[C@@H]2CSCN2C(=O)C(C)(C)C)c1. The van der Waals surface area contributed by atoms with Crippen LogP contribution in [0, 0.1) is 12.3 Å². The number of hydrogen-bond donors (Lipinski definition) is 1. The van der Waals surface area contributed by atoms with Gasteiger partial charge < -0.3 is 10.2 Å². The number of hydrogen-bond acceptors (Lipinski definition) is 4. The van der Waals surface area contributed by atoms with Gasteiger partial charge in [0.25, 0.3) is 0 Å². The van der Waals surface area contributed by atoms with Crippen molar-refractivity contribution in [3.05, 3.63) is 18.0 Å². The quantitative estimate of drug-likeness (QED) is 0.829. The van der Waals surface area contributed by atoms with E-state index in [9.17, 15) is 9.59 Å². The number of carbonyl (C=O) groups is 2. The second-order valence-electron chi connectivity index (χ2n) is 6.97. The monoisotopic (exact) mass is 338 g/mol. The first kappa shape index (κ1) is 17.8. The first-order chi connectivity index (χ1) is 10.8. The lowest BCUT2D eigenvalue weighted by Gasteiger charge is -2.29. The molecular formula is C16H26N4O2S. The number of nitrogens with one attached hydrogen (secondary N) is 1. The minimum absolute atomic E-state index is 0.0367. The molecule has 128 valence electrons. The Morgan fingerprint density at radius 1 is 1.43 bits per heavy atom. The molecule has 2 heterocycles. The standard InChI is InChI=1S/C16H26N4O2S/c1-12-8-18-19(9-12)7-5-6-17-14(21)13-10-23-11-20(13)15(22)16(2,3)4/h8-9,13H,5-7,10-11H2,1-4H3,(H,17,21)/t13-/m0/s1. The first-order valence-corrected chi connectivity index (χ1v) is 9.10. The summed E-state index contributed by atoms with van der Waals surface area (Å²) in [6, 6.07) is -0.348. The molecule has 6 nitrogen and oxygen atoms in total. The van der Waals surface area contributed by atoms with Crippen LogP contribution in [0.2, 0.25) is 0 Å². The van der Waals surface area contributed by atoms with Crippen molar-refractivity contribution >= 4 is 23.6 Å². The Morgan fingerprint density at radius 2 is 2.17 bits per heavy atom. The summed E-state index contributed by atoms with van der Waals surface area (Å²) in [4.78, 5) is 26.5. The van der Waals surface area contributed by atoms with Crippen LogP contribution < -0.4 is 5.32 Å². The van der Waals surface area contributed by atoms with Gasteiger partial charge in [0.1, 0.15) is 6.04 Å². The predicted octanol–water partition coefficient (Wildman–Crippen LogP) is 1.65. The number of aromatic nitrogens is 2. The largest absolute Gasteiger partial charge is 0.354 e. The van der Waals surface area contributed by atoms with Crippen LogP contribution in [-0.2, 0) is 16.1 Å². The molecular weight excluding hydrogens is 312 g/mol. The Hall–Kier alpha value is -1.50. The van der Waals surface area contributed by atoms with E-state index in [4.69, 9.17) is 0 Å². The molecule has 23 heavy (non-hydrogen) atoms. The maximum atomic E-state index is 12.4. The molecule has 1 fully saturated rings. The number of aryl methyl sites for hydroxylation is 2. The van der Waals surface area contributed by atoms with E-state index in [1.807, 2.05) is 44.8 Å². The molecule has 1 saturated heterocycles. The highest BCUT2D eigenvalue weighted by molar-refractivity contribution is 7.99. The maximum absolute atomic E-state index is 12.4. The lowest BCUT2D eigenvalue weighted by Crippen LogP contribution is -2.50. The molecule has 0 unspecified atom stereocenters. The van der Waals surface area contributed by atoms with Gasteiger partial charge in [-0.15, -0.1) is 11.8 Å². The van der Waals surface area contributed by atoms with Crippen molar-refractivity contribution in [1.29, 1.82) is 0 Å². The fourth-order valence-electron chi connectivity index (χ4n) is 2.45. The van der Waals surface area contributed by atoms with Crippen molar-refractivity contribution in [1.82, 2.24) is 20.0 Å². The number of carbonyl (C=O) groups excluding carboxylic acids is 2. The van der Waals surface area contributed by atoms with E-state index in [2.05, 4.69) is 10.4 Å². The van der Waals surface area contributed by atoms with Gasteiger partial charge in [-0.2, -0.15) is 5.10 Å². The second kappa shape index (κ2) is 7.38. The Morgan fingerprint density at radius 3 is 2.78 bits per heavy atom. The lowest BCUT2D eigenvalue weighted by atomic mass is 9.94. The Balaban J connectivity index is 1.79. The van der Waals surface area contributed by atoms with Crippen molar-refractivity contribution in [2.45, 2.75) is 46.7 Å². The Bertz CT molecular complexity index is 565. The second-order valence-corrected chi connectivity index (χ2v) is 7.97. The third-order valence-electron chi connectivity index (χ3n) is 3.71. The summed E-state index contributed by atoms with van der Waals surface area (Å²) in [5.41, 5.74) is 0.676. The predicted molar refractivity (Wildman–Crippen MR) is 92.0 cm³/mol. The number of amides is 2. The van der Waals surface area contributed by atoms with Crippen LogP contribution in [0.1, 0.15) is 32.8 Å². The average molecular weight is 338 g/mol. The van der Waals surface area contributed by atoms with E-state index in [0.717, 1.165) is 18.5 Å². The number of thioether (sulfide) groups is 1. The van der Waals surface area contributed by atoms with Crippen molar-refractivity contribution < 1.29 is 9.59 Å². The van der Waals surface area contributed by atoms with E-state index in [0.29, 0.717) is 18.2 Å². The van der Waals surface area contributed by atoms with E-state index in [1.54, 1.807) is 16.7 Å². The Kier molecular flexibility index (Phi) is 5.73. The molecule has 0 aromatic carbocycles. The van der Waals surface area contributed by atoms with Gasteiger partial charge in [0, 0.05) is 30.5 Å². The summed E-state index contributed by atoms with van der Waals surface area (Å²) < 4.78 is 1.88. The zero-order valence-corrected chi connectivity index (χ0v) is 15.2. The van der Waals surface area contributed by atoms with Crippen LogP contribution in [0.4, 0.5) is 0 Å². The van der Waals surface area contributed by atoms with Crippen molar-refractivity contribution in [2.24, 2.45) is 5.41 Å². The maximum Gasteiger partial charge on any atom is 0.243 e. The highest BCUT2D eigenvalue weighted by Crippen LogP contribution is 2.27. The molecule has 1 aromatic heterocycles. The smallest absolute Gasteiger partial charge is 0.243 e. The summed E-state index contributed by atoms with van der Waals surface area (Å²) in [6.45, 7) is 9.04. The molecule has 7 heteroatoms.